The Kier molecular flexibility index (Phi) is 12.7. The van der Waals surface area contributed by atoms with Crippen LogP contribution in [0.25, 0.3) is 22.1 Å². The lowest BCUT2D eigenvalue weighted by molar-refractivity contribution is -0.274. The van der Waals surface area contributed by atoms with Crippen molar-refractivity contribution in [2.75, 3.05) is 13.2 Å². The second-order valence-corrected chi connectivity index (χ2v) is 12.1. The molecule has 2 heterocycles. The maximum atomic E-state index is 12.6. The molecule has 0 fully saturated rings. The van der Waals surface area contributed by atoms with E-state index in [2.05, 4.69) is 30.5 Å². The summed E-state index contributed by atoms with van der Waals surface area (Å²) in [6.45, 7) is 11.3. The molecule has 0 aliphatic carbocycles. The molecular weight excluding hydrogens is 575 g/mol. The summed E-state index contributed by atoms with van der Waals surface area (Å²) in [7, 11) is 0. The Hall–Kier alpha value is -3.56. The van der Waals surface area contributed by atoms with E-state index in [9.17, 15) is 22.8 Å². The Morgan fingerprint density at radius 3 is 2.07 bits per heavy atom. The molecule has 0 N–H and O–H groups in total. The highest BCUT2D eigenvalue weighted by Crippen LogP contribution is 2.33. The van der Waals surface area contributed by atoms with E-state index in [1.54, 1.807) is 12.1 Å². The number of alkyl halides is 3. The molecule has 0 saturated carbocycles. The summed E-state index contributed by atoms with van der Waals surface area (Å²) >= 11 is 0. The number of esters is 1. The van der Waals surface area contributed by atoms with E-state index in [1.165, 1.54) is 18.3 Å². The highest BCUT2D eigenvalue weighted by molar-refractivity contribution is 5.81. The quantitative estimate of drug-likeness (QED) is 0.110. The third kappa shape index (κ3) is 10.6. The van der Waals surface area contributed by atoms with Crippen LogP contribution in [-0.2, 0) is 9.53 Å². The largest absolute Gasteiger partial charge is 0.573 e. The van der Waals surface area contributed by atoms with Crippen LogP contribution in [0.15, 0.2) is 51.8 Å². The van der Waals surface area contributed by atoms with E-state index >= 15 is 0 Å². The van der Waals surface area contributed by atoms with Crippen molar-refractivity contribution in [3.63, 3.8) is 0 Å². The molecule has 2 aromatic heterocycles. The molecule has 3 aromatic rings. The average Bonchev–Trinajstić information content (AvgIpc) is 2.96. The van der Waals surface area contributed by atoms with Gasteiger partial charge in [0.25, 0.3) is 0 Å². The van der Waals surface area contributed by atoms with Gasteiger partial charge in [-0.25, -0.2) is 9.78 Å². The first-order chi connectivity index (χ1) is 20.8. The lowest BCUT2D eigenvalue weighted by Gasteiger charge is -2.32. The summed E-state index contributed by atoms with van der Waals surface area (Å²) in [6.07, 6.45) is 5.08. The molecule has 0 saturated heterocycles. The summed E-state index contributed by atoms with van der Waals surface area (Å²) in [4.78, 5) is 29.3. The predicted molar refractivity (Wildman–Crippen MR) is 164 cm³/mol. The first-order valence-electron chi connectivity index (χ1n) is 15.4. The SMILES string of the molecule is CC(C)C(C)C(C)(C)C(=O)OCCCCCCCCCCOc1cc2oc(=O)c(-c3ccc(OC(F)(F)F)cc3)cc2cn1. The fourth-order valence-corrected chi connectivity index (χ4v) is 4.92. The first-order valence-corrected chi connectivity index (χ1v) is 15.4. The fraction of sp³-hybridized carbons (Fsp3) is 0.559. The van der Waals surface area contributed by atoms with Gasteiger partial charge in [-0.15, -0.1) is 13.2 Å². The second kappa shape index (κ2) is 16.0. The minimum Gasteiger partial charge on any atom is -0.478 e. The van der Waals surface area contributed by atoms with Crippen molar-refractivity contribution in [2.24, 2.45) is 17.3 Å². The van der Waals surface area contributed by atoms with Crippen LogP contribution in [0.1, 0.15) is 86.0 Å². The molecule has 0 radical (unpaired) electrons. The first kappa shape index (κ1) is 34.9. The van der Waals surface area contributed by atoms with E-state index in [4.69, 9.17) is 13.9 Å². The van der Waals surface area contributed by atoms with Crippen molar-refractivity contribution < 1.29 is 36.6 Å². The molecule has 0 bridgehead atoms. The molecular formula is C34H44F3NO6. The zero-order valence-electron chi connectivity index (χ0n) is 26.3. The van der Waals surface area contributed by atoms with Crippen molar-refractivity contribution in [1.82, 2.24) is 4.98 Å². The summed E-state index contributed by atoms with van der Waals surface area (Å²) in [5.74, 6) is 0.552. The van der Waals surface area contributed by atoms with Gasteiger partial charge < -0.3 is 18.6 Å². The van der Waals surface area contributed by atoms with E-state index in [1.807, 2.05) is 13.8 Å². The Balaban J connectivity index is 1.31. The van der Waals surface area contributed by atoms with E-state index in [-0.39, 0.29) is 23.2 Å². The zero-order valence-corrected chi connectivity index (χ0v) is 26.3. The standard InChI is InChI=1S/C34H44F3NO6/c1-23(2)24(3)33(4,5)32(40)42-19-13-11-9-7-6-8-10-12-18-41-30-21-29-26(22-38-30)20-28(31(39)43-29)25-14-16-27(17-15-25)44-34(35,36)37/h14-17,20-24H,6-13,18-19H2,1-5H3. The molecule has 1 atom stereocenters. The molecule has 0 spiro atoms. The number of aromatic nitrogens is 1. The lowest BCUT2D eigenvalue weighted by Crippen LogP contribution is -2.35. The van der Waals surface area contributed by atoms with Crippen LogP contribution in [0.4, 0.5) is 13.2 Å². The van der Waals surface area contributed by atoms with Crippen LogP contribution in [0.3, 0.4) is 0 Å². The maximum absolute atomic E-state index is 12.6. The topological polar surface area (TPSA) is 87.9 Å². The van der Waals surface area contributed by atoms with Gasteiger partial charge in [0.1, 0.15) is 11.3 Å². The Bertz CT molecular complexity index is 1400. The van der Waals surface area contributed by atoms with Crippen LogP contribution in [0.5, 0.6) is 11.6 Å². The summed E-state index contributed by atoms with van der Waals surface area (Å²) in [5.41, 5.74) is -0.190. The second-order valence-electron chi connectivity index (χ2n) is 12.1. The van der Waals surface area contributed by atoms with E-state index in [0.717, 1.165) is 63.5 Å². The number of hydrogen-bond acceptors (Lipinski definition) is 7. The van der Waals surface area contributed by atoms with Gasteiger partial charge >= 0.3 is 18.0 Å². The van der Waals surface area contributed by atoms with Gasteiger partial charge in [0.05, 0.1) is 24.2 Å². The average molecular weight is 620 g/mol. The predicted octanol–water partition coefficient (Wildman–Crippen LogP) is 9.11. The molecule has 44 heavy (non-hydrogen) atoms. The van der Waals surface area contributed by atoms with Crippen LogP contribution in [0.2, 0.25) is 0 Å². The highest BCUT2D eigenvalue weighted by Gasteiger charge is 2.37. The van der Waals surface area contributed by atoms with Gasteiger partial charge in [0.15, 0.2) is 0 Å². The molecule has 3 rings (SSSR count). The number of halogens is 3. The highest BCUT2D eigenvalue weighted by atomic mass is 19.4. The minimum atomic E-state index is -4.79. The van der Waals surface area contributed by atoms with Crippen LogP contribution >= 0.6 is 0 Å². The Labute approximate surface area is 257 Å². The zero-order chi connectivity index (χ0) is 32.3. The van der Waals surface area contributed by atoms with Crippen molar-refractivity contribution in [3.05, 3.63) is 53.0 Å². The number of hydrogen-bond donors (Lipinski definition) is 0. The number of fused-ring (bicyclic) bond motifs is 1. The number of nitrogens with zero attached hydrogens (tertiary/aromatic N) is 1. The molecule has 1 unspecified atom stereocenters. The monoisotopic (exact) mass is 619 g/mol. The number of carbonyl (C=O) groups excluding carboxylic acids is 1. The van der Waals surface area contributed by atoms with Gasteiger partial charge in [0, 0.05) is 17.6 Å². The van der Waals surface area contributed by atoms with Crippen molar-refractivity contribution in [3.8, 4) is 22.8 Å². The lowest BCUT2D eigenvalue weighted by atomic mass is 9.74. The van der Waals surface area contributed by atoms with Crippen molar-refractivity contribution >= 4 is 16.9 Å². The van der Waals surface area contributed by atoms with E-state index < -0.39 is 17.4 Å². The number of unbranched alkanes of at least 4 members (excludes halogenated alkanes) is 7. The summed E-state index contributed by atoms with van der Waals surface area (Å²) < 4.78 is 57.8. The molecule has 0 aliphatic heterocycles. The van der Waals surface area contributed by atoms with Gasteiger partial charge in [-0.05, 0) is 62.3 Å². The molecule has 242 valence electrons. The van der Waals surface area contributed by atoms with Gasteiger partial charge in [-0.3, -0.25) is 4.79 Å². The molecule has 7 nitrogen and oxygen atoms in total. The molecule has 10 heteroatoms. The Morgan fingerprint density at radius 1 is 0.886 bits per heavy atom. The number of ether oxygens (including phenoxy) is 3. The van der Waals surface area contributed by atoms with Gasteiger partial charge in [-0.2, -0.15) is 0 Å². The fourth-order valence-electron chi connectivity index (χ4n) is 4.92. The maximum Gasteiger partial charge on any atom is 0.573 e. The number of benzene rings is 1. The van der Waals surface area contributed by atoms with Gasteiger partial charge in [0.2, 0.25) is 5.88 Å². The van der Waals surface area contributed by atoms with Crippen molar-refractivity contribution in [1.29, 1.82) is 0 Å². The molecule has 0 aliphatic rings. The minimum absolute atomic E-state index is 0.107. The van der Waals surface area contributed by atoms with Crippen molar-refractivity contribution in [2.45, 2.75) is 92.3 Å². The van der Waals surface area contributed by atoms with Crippen LogP contribution in [-0.4, -0.2) is 30.5 Å². The normalized spacial score (nSPS) is 12.8. The Morgan fingerprint density at radius 2 is 1.48 bits per heavy atom. The number of pyridine rings is 1. The smallest absolute Gasteiger partial charge is 0.478 e. The summed E-state index contributed by atoms with van der Waals surface area (Å²) in [6, 6.07) is 8.14. The third-order valence-electron chi connectivity index (χ3n) is 8.18. The number of rotatable bonds is 17. The third-order valence-corrected chi connectivity index (χ3v) is 8.18. The van der Waals surface area contributed by atoms with Crippen LogP contribution in [0, 0.1) is 17.3 Å². The van der Waals surface area contributed by atoms with E-state index in [0.29, 0.717) is 41.5 Å². The summed E-state index contributed by atoms with van der Waals surface area (Å²) in [5, 5.41) is 0.560. The number of carbonyl (C=O) groups is 1. The molecule has 1 aromatic carbocycles. The van der Waals surface area contributed by atoms with Crippen LogP contribution < -0.4 is 15.1 Å². The van der Waals surface area contributed by atoms with Gasteiger partial charge in [-0.1, -0.05) is 71.4 Å². The molecule has 0 amide bonds.